The molecule has 104 valence electrons. The lowest BCUT2D eigenvalue weighted by Crippen LogP contribution is -2.44. The fraction of sp³-hybridized carbons (Fsp3) is 0.308. The van der Waals surface area contributed by atoms with Gasteiger partial charge in [0.15, 0.2) is 0 Å². The van der Waals surface area contributed by atoms with E-state index in [1.54, 1.807) is 0 Å². The first-order chi connectivity index (χ1) is 9.49. The quantitative estimate of drug-likeness (QED) is 0.769. The zero-order valence-corrected chi connectivity index (χ0v) is 10.7. The Kier molecular flexibility index (Phi) is 2.70. The van der Waals surface area contributed by atoms with Crippen molar-refractivity contribution in [1.29, 1.82) is 0 Å². The van der Waals surface area contributed by atoms with E-state index in [4.69, 9.17) is 0 Å². The fourth-order valence-corrected chi connectivity index (χ4v) is 2.57. The van der Waals surface area contributed by atoms with Gasteiger partial charge in [0.05, 0.1) is 11.0 Å². The molecule has 6 nitrogen and oxygen atoms in total. The summed E-state index contributed by atoms with van der Waals surface area (Å²) in [7, 11) is 1.52. The molecule has 1 saturated heterocycles. The number of nitrogens with zero attached hydrogens (tertiary/aromatic N) is 2. The minimum atomic E-state index is -0.741. The highest BCUT2D eigenvalue weighted by molar-refractivity contribution is 6.00. The first-order valence-corrected chi connectivity index (χ1v) is 6.19. The van der Waals surface area contributed by atoms with Crippen LogP contribution < -0.4 is 11.0 Å². The predicted molar refractivity (Wildman–Crippen MR) is 68.6 cm³/mol. The summed E-state index contributed by atoms with van der Waals surface area (Å²) in [5.41, 5.74) is 0.494. The minimum absolute atomic E-state index is 0.181. The van der Waals surface area contributed by atoms with E-state index in [0.717, 1.165) is 0 Å². The maximum atomic E-state index is 13.3. The van der Waals surface area contributed by atoms with Crippen molar-refractivity contribution in [1.82, 2.24) is 14.5 Å². The van der Waals surface area contributed by atoms with Crippen LogP contribution >= 0.6 is 0 Å². The molecule has 1 N–H and O–H groups in total. The number of halogens is 1. The molecule has 1 aliphatic rings. The van der Waals surface area contributed by atoms with Crippen molar-refractivity contribution in [2.45, 2.75) is 18.9 Å². The summed E-state index contributed by atoms with van der Waals surface area (Å²) in [4.78, 5) is 35.3. The molecule has 1 aliphatic heterocycles. The molecule has 1 aromatic carbocycles. The summed E-state index contributed by atoms with van der Waals surface area (Å²) >= 11 is 0. The Morgan fingerprint density at radius 1 is 1.25 bits per heavy atom. The van der Waals surface area contributed by atoms with Gasteiger partial charge >= 0.3 is 5.69 Å². The van der Waals surface area contributed by atoms with E-state index >= 15 is 0 Å². The van der Waals surface area contributed by atoms with Crippen molar-refractivity contribution in [3.8, 4) is 0 Å². The van der Waals surface area contributed by atoms with Crippen LogP contribution in [0.25, 0.3) is 11.0 Å². The van der Waals surface area contributed by atoms with Crippen molar-refractivity contribution >= 4 is 22.8 Å². The molecular weight excluding hydrogens is 265 g/mol. The third-order valence-electron chi connectivity index (χ3n) is 3.57. The van der Waals surface area contributed by atoms with Crippen LogP contribution in [-0.4, -0.2) is 20.9 Å². The summed E-state index contributed by atoms with van der Waals surface area (Å²) < 4.78 is 15.9. The van der Waals surface area contributed by atoms with Gasteiger partial charge in [-0.15, -0.1) is 0 Å². The largest absolute Gasteiger partial charge is 0.329 e. The molecule has 0 radical (unpaired) electrons. The van der Waals surface area contributed by atoms with Crippen LogP contribution in [0.1, 0.15) is 18.9 Å². The van der Waals surface area contributed by atoms with Gasteiger partial charge in [-0.2, -0.15) is 0 Å². The van der Waals surface area contributed by atoms with E-state index in [2.05, 4.69) is 5.32 Å². The van der Waals surface area contributed by atoms with E-state index in [0.29, 0.717) is 11.0 Å². The minimum Gasteiger partial charge on any atom is -0.295 e. The van der Waals surface area contributed by atoms with Gasteiger partial charge in [-0.25, -0.2) is 9.18 Å². The molecule has 1 unspecified atom stereocenters. The highest BCUT2D eigenvalue weighted by atomic mass is 19.1. The van der Waals surface area contributed by atoms with E-state index in [-0.39, 0.29) is 18.7 Å². The Bertz CT molecular complexity index is 790. The third kappa shape index (κ3) is 1.74. The van der Waals surface area contributed by atoms with Gasteiger partial charge in [-0.05, 0) is 24.6 Å². The van der Waals surface area contributed by atoms with Crippen molar-refractivity contribution in [2.24, 2.45) is 7.05 Å². The van der Waals surface area contributed by atoms with Crippen LogP contribution in [0.4, 0.5) is 4.39 Å². The summed E-state index contributed by atoms with van der Waals surface area (Å²) in [6.45, 7) is 0. The topological polar surface area (TPSA) is 73.1 Å². The number of benzene rings is 1. The van der Waals surface area contributed by atoms with Crippen molar-refractivity contribution in [2.75, 3.05) is 0 Å². The number of imidazole rings is 1. The normalized spacial score (nSPS) is 19.4. The monoisotopic (exact) mass is 277 g/mol. The van der Waals surface area contributed by atoms with Crippen molar-refractivity contribution in [3.05, 3.63) is 34.5 Å². The van der Waals surface area contributed by atoms with Gasteiger partial charge in [0.2, 0.25) is 11.8 Å². The number of imide groups is 1. The standard InChI is InChI=1S/C13H12FN3O3/c1-16-10-6-7(14)2-3-8(10)17(13(16)20)9-4-5-11(18)15-12(9)19/h2-3,6,9H,4-5H2,1H3,(H,15,18,19). The highest BCUT2D eigenvalue weighted by Gasteiger charge is 2.31. The number of carbonyl (C=O) groups is 2. The first-order valence-electron chi connectivity index (χ1n) is 6.19. The Morgan fingerprint density at radius 2 is 2.00 bits per heavy atom. The molecule has 0 aliphatic carbocycles. The van der Waals surface area contributed by atoms with Crippen LogP contribution in [0.3, 0.4) is 0 Å². The maximum absolute atomic E-state index is 13.3. The molecule has 3 rings (SSSR count). The fourth-order valence-electron chi connectivity index (χ4n) is 2.57. The zero-order valence-electron chi connectivity index (χ0n) is 10.7. The predicted octanol–water partition coefficient (Wildman–Crippen LogP) is 0.457. The third-order valence-corrected chi connectivity index (χ3v) is 3.57. The second kappa shape index (κ2) is 4.29. The van der Waals surface area contributed by atoms with Crippen LogP contribution in [-0.2, 0) is 16.6 Å². The Balaban J connectivity index is 2.21. The highest BCUT2D eigenvalue weighted by Crippen LogP contribution is 2.23. The second-order valence-corrected chi connectivity index (χ2v) is 4.81. The molecule has 1 fully saturated rings. The number of piperidine rings is 1. The summed E-state index contributed by atoms with van der Waals surface area (Å²) in [5.74, 6) is -1.29. The number of fused-ring (bicyclic) bond motifs is 1. The lowest BCUT2D eigenvalue weighted by atomic mass is 10.1. The Morgan fingerprint density at radius 3 is 2.70 bits per heavy atom. The van der Waals surface area contributed by atoms with Crippen LogP contribution in [0, 0.1) is 5.82 Å². The number of amides is 2. The first kappa shape index (κ1) is 12.6. The number of aromatic nitrogens is 2. The van der Waals surface area contributed by atoms with Gasteiger partial charge in [0.1, 0.15) is 11.9 Å². The molecule has 0 saturated carbocycles. The van der Waals surface area contributed by atoms with E-state index in [1.165, 1.54) is 34.4 Å². The SMILES string of the molecule is Cn1c(=O)n(C2CCC(=O)NC2=O)c2ccc(F)cc21. The number of aryl methyl sites for hydroxylation is 1. The van der Waals surface area contributed by atoms with Crippen LogP contribution in [0.15, 0.2) is 23.0 Å². The molecular formula is C13H12FN3O3. The van der Waals surface area contributed by atoms with Crippen LogP contribution in [0.5, 0.6) is 0 Å². The summed E-state index contributed by atoms with van der Waals surface area (Å²) in [6.07, 6.45) is 0.446. The van der Waals surface area contributed by atoms with E-state index in [9.17, 15) is 18.8 Å². The molecule has 2 heterocycles. The van der Waals surface area contributed by atoms with Gasteiger partial charge < -0.3 is 0 Å². The van der Waals surface area contributed by atoms with E-state index in [1.807, 2.05) is 0 Å². The van der Waals surface area contributed by atoms with Gasteiger partial charge in [0, 0.05) is 13.5 Å². The van der Waals surface area contributed by atoms with Gasteiger partial charge in [0.25, 0.3) is 0 Å². The Labute approximate surface area is 112 Å². The molecule has 1 aromatic heterocycles. The van der Waals surface area contributed by atoms with Crippen LogP contribution in [0.2, 0.25) is 0 Å². The summed E-state index contributed by atoms with van der Waals surface area (Å²) in [6, 6.07) is 3.22. The average Bonchev–Trinajstić information content (AvgIpc) is 2.63. The number of hydrogen-bond donors (Lipinski definition) is 1. The smallest absolute Gasteiger partial charge is 0.295 e. The molecule has 0 bridgehead atoms. The second-order valence-electron chi connectivity index (χ2n) is 4.81. The van der Waals surface area contributed by atoms with E-state index < -0.39 is 23.5 Å². The molecule has 1 atom stereocenters. The van der Waals surface area contributed by atoms with Crippen molar-refractivity contribution in [3.63, 3.8) is 0 Å². The molecule has 20 heavy (non-hydrogen) atoms. The number of nitrogens with one attached hydrogen (secondary N) is 1. The van der Waals surface area contributed by atoms with Gasteiger partial charge in [-0.3, -0.25) is 24.0 Å². The Hall–Kier alpha value is -2.44. The average molecular weight is 277 g/mol. The lowest BCUT2D eigenvalue weighted by molar-refractivity contribution is -0.135. The number of carbonyl (C=O) groups excluding carboxylic acids is 2. The maximum Gasteiger partial charge on any atom is 0.329 e. The number of rotatable bonds is 1. The number of hydrogen-bond acceptors (Lipinski definition) is 3. The molecule has 2 amide bonds. The molecule has 7 heteroatoms. The molecule has 2 aromatic rings. The zero-order chi connectivity index (χ0) is 14.4. The molecule has 0 spiro atoms. The summed E-state index contributed by atoms with van der Waals surface area (Å²) in [5, 5.41) is 2.22. The van der Waals surface area contributed by atoms with Crippen molar-refractivity contribution < 1.29 is 14.0 Å². The lowest BCUT2D eigenvalue weighted by Gasteiger charge is -2.21. The van der Waals surface area contributed by atoms with Gasteiger partial charge in [-0.1, -0.05) is 0 Å².